The average Bonchev–Trinajstić information content (AvgIpc) is 3.03. The zero-order chi connectivity index (χ0) is 14.3. The lowest BCUT2D eigenvalue weighted by molar-refractivity contribution is -0.129. The van der Waals surface area contributed by atoms with Crippen LogP contribution in [0.1, 0.15) is 11.1 Å². The molecule has 2 aromatic rings. The van der Waals surface area contributed by atoms with Crippen molar-refractivity contribution in [3.05, 3.63) is 56.7 Å². The van der Waals surface area contributed by atoms with Crippen LogP contribution in [0.2, 0.25) is 0 Å². The van der Waals surface area contributed by atoms with Gasteiger partial charge in [-0.1, -0.05) is 28.1 Å². The second kappa shape index (κ2) is 4.71. The summed E-state index contributed by atoms with van der Waals surface area (Å²) in [6.45, 7) is 0. The number of nitrogens with two attached hydrogens (primary N) is 1. The number of hydrogen-bond acceptors (Lipinski definition) is 4. The average molecular weight is 350 g/mol. The van der Waals surface area contributed by atoms with E-state index in [0.717, 1.165) is 15.6 Å². The van der Waals surface area contributed by atoms with Crippen molar-refractivity contribution in [2.24, 2.45) is 10.7 Å². The third-order valence-corrected chi connectivity index (χ3v) is 4.60. The minimum absolute atomic E-state index is 0.133. The van der Waals surface area contributed by atoms with Gasteiger partial charge in [0.15, 0.2) is 11.5 Å². The Morgan fingerprint density at radius 2 is 2.15 bits per heavy atom. The molecule has 0 saturated heterocycles. The second-order valence-corrected chi connectivity index (χ2v) is 6.26. The Morgan fingerprint density at radius 3 is 2.70 bits per heavy atom. The van der Waals surface area contributed by atoms with Gasteiger partial charge in [0.05, 0.1) is 0 Å². The van der Waals surface area contributed by atoms with Crippen LogP contribution in [-0.4, -0.2) is 23.8 Å². The van der Waals surface area contributed by atoms with E-state index in [1.165, 1.54) is 16.2 Å². The minimum atomic E-state index is -1.07. The second-order valence-electron chi connectivity index (χ2n) is 4.57. The van der Waals surface area contributed by atoms with Crippen molar-refractivity contribution in [1.29, 1.82) is 0 Å². The number of amides is 1. The molecule has 0 radical (unpaired) electrons. The van der Waals surface area contributed by atoms with E-state index in [1.807, 2.05) is 41.1 Å². The Balaban J connectivity index is 2.28. The van der Waals surface area contributed by atoms with Gasteiger partial charge in [-0.2, -0.15) is 11.3 Å². The van der Waals surface area contributed by atoms with Gasteiger partial charge >= 0.3 is 0 Å². The number of rotatable bonds is 2. The molecule has 4 nitrogen and oxygen atoms in total. The van der Waals surface area contributed by atoms with Crippen LogP contribution in [0.15, 0.2) is 50.6 Å². The molecule has 2 heterocycles. The highest BCUT2D eigenvalue weighted by atomic mass is 79.9. The molecule has 3 rings (SSSR count). The third-order valence-electron chi connectivity index (χ3n) is 3.42. The first-order valence-electron chi connectivity index (χ1n) is 5.98. The smallest absolute Gasteiger partial charge is 0.266 e. The van der Waals surface area contributed by atoms with Crippen LogP contribution >= 0.6 is 27.3 Å². The minimum Gasteiger partial charge on any atom is -0.369 e. The summed E-state index contributed by atoms with van der Waals surface area (Å²) in [4.78, 5) is 18.7. The van der Waals surface area contributed by atoms with Gasteiger partial charge in [0, 0.05) is 17.1 Å². The maximum absolute atomic E-state index is 12.8. The van der Waals surface area contributed by atoms with Gasteiger partial charge in [-0.25, -0.2) is 4.99 Å². The van der Waals surface area contributed by atoms with Crippen molar-refractivity contribution < 1.29 is 4.79 Å². The quantitative estimate of drug-likeness (QED) is 0.905. The van der Waals surface area contributed by atoms with Gasteiger partial charge in [0.1, 0.15) is 0 Å². The van der Waals surface area contributed by atoms with Crippen molar-refractivity contribution in [3.63, 3.8) is 0 Å². The summed E-state index contributed by atoms with van der Waals surface area (Å²) in [7, 11) is 1.65. The van der Waals surface area contributed by atoms with Crippen LogP contribution in [0, 0.1) is 0 Å². The lowest BCUT2D eigenvalue weighted by atomic mass is 9.84. The van der Waals surface area contributed by atoms with E-state index in [0.29, 0.717) is 0 Å². The molecule has 0 aliphatic carbocycles. The summed E-state index contributed by atoms with van der Waals surface area (Å²) in [5, 5.41) is 3.88. The standard InChI is InChI=1S/C14H12BrN3OS/c1-18-12(19)14(17-13(18)16,10-5-6-20-8-10)9-3-2-4-11(15)7-9/h2-8H,1H3,(H2,16,17). The Morgan fingerprint density at radius 1 is 1.35 bits per heavy atom. The zero-order valence-electron chi connectivity index (χ0n) is 10.7. The summed E-state index contributed by atoms with van der Waals surface area (Å²) in [6.07, 6.45) is 0. The molecule has 1 atom stereocenters. The number of hydrogen-bond donors (Lipinski definition) is 1. The first-order chi connectivity index (χ1) is 9.55. The van der Waals surface area contributed by atoms with E-state index in [-0.39, 0.29) is 11.9 Å². The topological polar surface area (TPSA) is 58.7 Å². The molecule has 1 amide bonds. The maximum atomic E-state index is 12.8. The Bertz CT molecular complexity index is 698. The molecule has 1 aromatic heterocycles. The summed E-state index contributed by atoms with van der Waals surface area (Å²) in [5.41, 5.74) is 6.46. The first-order valence-corrected chi connectivity index (χ1v) is 7.71. The molecule has 1 unspecified atom stereocenters. The van der Waals surface area contributed by atoms with Crippen LogP contribution in [0.5, 0.6) is 0 Å². The van der Waals surface area contributed by atoms with Crippen LogP contribution < -0.4 is 5.73 Å². The Hall–Kier alpha value is -1.66. The van der Waals surface area contributed by atoms with Gasteiger partial charge in [-0.15, -0.1) is 0 Å². The number of likely N-dealkylation sites (N-methyl/N-ethyl adjacent to an activating group) is 1. The number of thiophene rings is 1. The predicted octanol–water partition coefficient (Wildman–Crippen LogP) is 2.54. The molecule has 20 heavy (non-hydrogen) atoms. The molecular formula is C14H12BrN3OS. The molecule has 2 N–H and O–H groups in total. The fraction of sp³-hybridized carbons (Fsp3) is 0.143. The molecular weight excluding hydrogens is 338 g/mol. The van der Waals surface area contributed by atoms with Crippen molar-refractivity contribution in [2.75, 3.05) is 7.05 Å². The van der Waals surface area contributed by atoms with Crippen molar-refractivity contribution in [2.45, 2.75) is 5.54 Å². The molecule has 0 spiro atoms. The Kier molecular flexibility index (Phi) is 3.14. The summed E-state index contributed by atoms with van der Waals surface area (Å²) < 4.78 is 0.903. The van der Waals surface area contributed by atoms with Gasteiger partial charge in [-0.05, 0) is 34.5 Å². The summed E-state index contributed by atoms with van der Waals surface area (Å²) in [5.74, 6) is 0.104. The van der Waals surface area contributed by atoms with E-state index in [1.54, 1.807) is 7.05 Å². The van der Waals surface area contributed by atoms with Crippen LogP contribution in [0.4, 0.5) is 0 Å². The van der Waals surface area contributed by atoms with Gasteiger partial charge in [-0.3, -0.25) is 9.69 Å². The van der Waals surface area contributed by atoms with Gasteiger partial charge in [0.25, 0.3) is 5.91 Å². The molecule has 6 heteroatoms. The fourth-order valence-corrected chi connectivity index (χ4v) is 3.47. The number of carbonyl (C=O) groups excluding carboxylic acids is 1. The van der Waals surface area contributed by atoms with Crippen LogP contribution in [-0.2, 0) is 10.3 Å². The van der Waals surface area contributed by atoms with E-state index < -0.39 is 5.54 Å². The van der Waals surface area contributed by atoms with Crippen molar-refractivity contribution >= 4 is 39.1 Å². The monoisotopic (exact) mass is 349 g/mol. The lowest BCUT2D eigenvalue weighted by Crippen LogP contribution is -2.40. The van der Waals surface area contributed by atoms with Crippen LogP contribution in [0.3, 0.4) is 0 Å². The summed E-state index contributed by atoms with van der Waals surface area (Å²) in [6, 6.07) is 9.53. The van der Waals surface area contributed by atoms with E-state index in [2.05, 4.69) is 20.9 Å². The molecule has 0 saturated carbocycles. The molecule has 0 bridgehead atoms. The zero-order valence-corrected chi connectivity index (χ0v) is 13.1. The van der Waals surface area contributed by atoms with E-state index in [4.69, 9.17) is 5.73 Å². The normalized spacial score (nSPS) is 22.2. The number of carbonyl (C=O) groups is 1. The van der Waals surface area contributed by atoms with Crippen molar-refractivity contribution in [1.82, 2.24) is 4.90 Å². The number of aliphatic imine (C=N–C) groups is 1. The third kappa shape index (κ3) is 1.79. The SMILES string of the molecule is CN1C(=O)C(c2ccsc2)(c2cccc(Br)c2)N=C1N. The molecule has 0 fully saturated rings. The van der Waals surface area contributed by atoms with Gasteiger partial charge < -0.3 is 5.73 Å². The summed E-state index contributed by atoms with van der Waals surface area (Å²) >= 11 is 4.98. The molecule has 102 valence electrons. The first kappa shape index (κ1) is 13.3. The Labute approximate surface area is 129 Å². The molecule has 1 aliphatic heterocycles. The highest BCUT2D eigenvalue weighted by Gasteiger charge is 2.49. The molecule has 1 aromatic carbocycles. The van der Waals surface area contributed by atoms with Crippen molar-refractivity contribution in [3.8, 4) is 0 Å². The lowest BCUT2D eigenvalue weighted by Gasteiger charge is -2.24. The van der Waals surface area contributed by atoms with Gasteiger partial charge in [0.2, 0.25) is 0 Å². The number of halogens is 1. The predicted molar refractivity (Wildman–Crippen MR) is 83.6 cm³/mol. The maximum Gasteiger partial charge on any atom is 0.266 e. The number of nitrogens with zero attached hydrogens (tertiary/aromatic N) is 2. The number of benzene rings is 1. The highest BCUT2D eigenvalue weighted by molar-refractivity contribution is 9.10. The highest BCUT2D eigenvalue weighted by Crippen LogP contribution is 2.40. The van der Waals surface area contributed by atoms with Crippen LogP contribution in [0.25, 0.3) is 0 Å². The molecule has 1 aliphatic rings. The number of guanidine groups is 1. The largest absolute Gasteiger partial charge is 0.369 e. The fourth-order valence-electron chi connectivity index (χ4n) is 2.37. The van der Waals surface area contributed by atoms with E-state index >= 15 is 0 Å². The van der Waals surface area contributed by atoms with E-state index in [9.17, 15) is 4.79 Å².